The van der Waals surface area contributed by atoms with Gasteiger partial charge in [0.25, 0.3) is 0 Å². The van der Waals surface area contributed by atoms with E-state index in [1.54, 1.807) is 20.8 Å². The van der Waals surface area contributed by atoms with Gasteiger partial charge in [0.2, 0.25) is 0 Å². The van der Waals surface area contributed by atoms with Crippen LogP contribution in [-0.2, 0) is 23.8 Å². The number of methoxy groups -OCH3 is 2. The third-order valence-corrected chi connectivity index (χ3v) is 1.35. The minimum absolute atomic E-state index is 0.347. The van der Waals surface area contributed by atoms with Crippen LogP contribution in [0.4, 0.5) is 4.79 Å². The number of primary amides is 1. The number of rotatable bonds is 3. The van der Waals surface area contributed by atoms with Crippen molar-refractivity contribution < 1.29 is 28.6 Å². The summed E-state index contributed by atoms with van der Waals surface area (Å²) in [5.74, 6) is -0.694. The van der Waals surface area contributed by atoms with Crippen LogP contribution in [0.5, 0.6) is 0 Å². The van der Waals surface area contributed by atoms with Crippen molar-refractivity contribution in [1.82, 2.24) is 0 Å². The van der Waals surface area contributed by atoms with E-state index in [2.05, 4.69) is 33.1 Å². The maximum Gasteiger partial charge on any atom is 0.404 e. The van der Waals surface area contributed by atoms with E-state index < -0.39 is 6.09 Å². The molecule has 0 aliphatic carbocycles. The van der Waals surface area contributed by atoms with Gasteiger partial charge in [0, 0.05) is 11.1 Å². The Morgan fingerprint density at radius 2 is 1.25 bits per heavy atom. The number of esters is 2. The third kappa shape index (κ3) is 21.0. The molecule has 0 rings (SSSR count). The van der Waals surface area contributed by atoms with Gasteiger partial charge < -0.3 is 19.9 Å². The summed E-state index contributed by atoms with van der Waals surface area (Å²) in [6.45, 7) is 12.0. The lowest BCUT2D eigenvalue weighted by molar-refractivity contribution is -0.136. The molecule has 0 aliphatic rings. The third-order valence-electron chi connectivity index (χ3n) is 1.35. The average molecular weight is 289 g/mol. The molecular formula is C13H23NO6. The van der Waals surface area contributed by atoms with Gasteiger partial charge in [-0.05, 0) is 20.8 Å². The van der Waals surface area contributed by atoms with E-state index in [-0.39, 0.29) is 11.9 Å². The second-order valence-electron chi connectivity index (χ2n) is 3.30. The van der Waals surface area contributed by atoms with E-state index in [1.165, 1.54) is 14.2 Å². The van der Waals surface area contributed by atoms with Gasteiger partial charge in [-0.2, -0.15) is 0 Å². The van der Waals surface area contributed by atoms with E-state index in [4.69, 9.17) is 0 Å². The fourth-order valence-electron chi connectivity index (χ4n) is 0.491. The molecule has 2 N–H and O–H groups in total. The molecule has 7 nitrogen and oxygen atoms in total. The Morgan fingerprint density at radius 1 is 0.950 bits per heavy atom. The van der Waals surface area contributed by atoms with Crippen molar-refractivity contribution >= 4 is 18.0 Å². The summed E-state index contributed by atoms with van der Waals surface area (Å²) in [6, 6.07) is 0. The predicted molar refractivity (Wildman–Crippen MR) is 74.9 cm³/mol. The first-order valence-corrected chi connectivity index (χ1v) is 5.53. The van der Waals surface area contributed by atoms with Crippen LogP contribution in [-0.4, -0.2) is 38.9 Å². The lowest BCUT2D eigenvalue weighted by atomic mass is 10.4. The molecule has 0 radical (unpaired) electrons. The van der Waals surface area contributed by atoms with Gasteiger partial charge in [0.1, 0.15) is 0 Å². The van der Waals surface area contributed by atoms with Crippen molar-refractivity contribution in [2.75, 3.05) is 20.8 Å². The molecule has 1 amide bonds. The summed E-state index contributed by atoms with van der Waals surface area (Å²) in [5, 5.41) is 0. The summed E-state index contributed by atoms with van der Waals surface area (Å²) < 4.78 is 12.7. The van der Waals surface area contributed by atoms with Crippen LogP contribution >= 0.6 is 0 Å². The van der Waals surface area contributed by atoms with Crippen molar-refractivity contribution in [3.63, 3.8) is 0 Å². The average Bonchev–Trinajstić information content (AvgIpc) is 2.37. The summed E-state index contributed by atoms with van der Waals surface area (Å²) in [5.41, 5.74) is 5.41. The second kappa shape index (κ2) is 14.7. The number of carbonyl (C=O) groups is 3. The molecule has 0 saturated heterocycles. The quantitative estimate of drug-likeness (QED) is 0.480. The molecule has 20 heavy (non-hydrogen) atoms. The fourth-order valence-corrected chi connectivity index (χ4v) is 0.491. The molecule has 0 aromatic rings. The molecule has 0 bridgehead atoms. The summed E-state index contributed by atoms with van der Waals surface area (Å²) in [7, 11) is 2.66. The Hall–Kier alpha value is -2.31. The maximum absolute atomic E-state index is 10.2. The van der Waals surface area contributed by atoms with E-state index in [1.807, 2.05) is 0 Å². The molecule has 0 aromatic heterocycles. The van der Waals surface area contributed by atoms with E-state index in [0.717, 1.165) is 0 Å². The van der Waals surface area contributed by atoms with Crippen molar-refractivity contribution in [1.29, 1.82) is 0 Å². The van der Waals surface area contributed by atoms with E-state index in [9.17, 15) is 14.4 Å². The first kappa shape index (κ1) is 22.8. The smallest absolute Gasteiger partial charge is 0.404 e. The molecule has 0 fully saturated rings. The molecule has 0 unspecified atom stereocenters. The Labute approximate surface area is 119 Å². The number of carbonyl (C=O) groups excluding carboxylic acids is 3. The lowest BCUT2D eigenvalue weighted by Crippen LogP contribution is -2.11. The zero-order valence-corrected chi connectivity index (χ0v) is 12.6. The number of hydrogen-bond donors (Lipinski definition) is 1. The molecule has 7 heteroatoms. The highest BCUT2D eigenvalue weighted by molar-refractivity contribution is 5.87. The van der Waals surface area contributed by atoms with Crippen LogP contribution in [0.25, 0.3) is 0 Å². The molecule has 0 atom stereocenters. The van der Waals surface area contributed by atoms with Crippen molar-refractivity contribution in [3.8, 4) is 0 Å². The first-order chi connectivity index (χ1) is 9.13. The van der Waals surface area contributed by atoms with Gasteiger partial charge in [0.15, 0.2) is 0 Å². The van der Waals surface area contributed by atoms with Crippen LogP contribution < -0.4 is 5.73 Å². The molecule has 0 spiro atoms. The molecule has 0 aliphatic heterocycles. The number of ether oxygens (including phenoxy) is 3. The zero-order chi connectivity index (χ0) is 16.7. The highest BCUT2D eigenvalue weighted by atomic mass is 16.5. The summed E-state index contributed by atoms with van der Waals surface area (Å²) in [6.07, 6.45) is -0.711. The molecular weight excluding hydrogens is 266 g/mol. The van der Waals surface area contributed by atoms with Crippen LogP contribution in [0, 0.1) is 0 Å². The summed E-state index contributed by atoms with van der Waals surface area (Å²) in [4.78, 5) is 30.0. The Kier molecular flexibility index (Phi) is 16.8. The van der Waals surface area contributed by atoms with Gasteiger partial charge in [-0.15, -0.1) is 0 Å². The standard InChI is InChI=1S/2C5H8O2.C3H7NO2/c2*1-4(2)5(6)7-3;1-2-6-3(4)5/h2*1H2,2-3H3;2H2,1H3,(H2,4,5). The lowest BCUT2D eigenvalue weighted by Gasteiger charge is -1.91. The van der Waals surface area contributed by atoms with Gasteiger partial charge in [0.05, 0.1) is 20.8 Å². The maximum atomic E-state index is 10.2. The van der Waals surface area contributed by atoms with Gasteiger partial charge in [-0.3, -0.25) is 0 Å². The largest absolute Gasteiger partial charge is 0.466 e. The number of nitrogens with two attached hydrogens (primary N) is 1. The molecule has 0 aromatic carbocycles. The van der Waals surface area contributed by atoms with Crippen LogP contribution in [0.2, 0.25) is 0 Å². The van der Waals surface area contributed by atoms with E-state index >= 15 is 0 Å². The predicted octanol–water partition coefficient (Wildman–Crippen LogP) is 1.57. The zero-order valence-electron chi connectivity index (χ0n) is 12.6. The first-order valence-electron chi connectivity index (χ1n) is 5.53. The van der Waals surface area contributed by atoms with Crippen LogP contribution in [0.3, 0.4) is 0 Å². The normalized spacial score (nSPS) is 7.65. The Bertz CT molecular complexity index is 323. The van der Waals surface area contributed by atoms with Crippen molar-refractivity contribution in [2.45, 2.75) is 20.8 Å². The minimum atomic E-state index is -0.711. The monoisotopic (exact) mass is 289 g/mol. The van der Waals surface area contributed by atoms with Gasteiger partial charge in [-0.1, -0.05) is 13.2 Å². The molecule has 0 heterocycles. The molecule has 116 valence electrons. The van der Waals surface area contributed by atoms with Crippen LogP contribution in [0.15, 0.2) is 24.3 Å². The number of amides is 1. The second-order valence-corrected chi connectivity index (χ2v) is 3.30. The van der Waals surface area contributed by atoms with Crippen molar-refractivity contribution in [3.05, 3.63) is 24.3 Å². The number of hydrogen-bond acceptors (Lipinski definition) is 6. The Balaban J connectivity index is -0.000000218. The fraction of sp³-hybridized carbons (Fsp3) is 0.462. The van der Waals surface area contributed by atoms with E-state index in [0.29, 0.717) is 17.8 Å². The highest BCUT2D eigenvalue weighted by Crippen LogP contribution is 1.87. The van der Waals surface area contributed by atoms with Crippen molar-refractivity contribution in [2.24, 2.45) is 5.73 Å². The minimum Gasteiger partial charge on any atom is -0.466 e. The summed E-state index contributed by atoms with van der Waals surface area (Å²) >= 11 is 0. The van der Waals surface area contributed by atoms with Gasteiger partial charge in [-0.25, -0.2) is 14.4 Å². The SMILES string of the molecule is C=C(C)C(=O)OC.C=C(C)C(=O)OC.CCOC(N)=O. The highest BCUT2D eigenvalue weighted by Gasteiger charge is 1.96. The topological polar surface area (TPSA) is 105 Å². The molecule has 0 saturated carbocycles. The van der Waals surface area contributed by atoms with Crippen LogP contribution in [0.1, 0.15) is 20.8 Å². The Morgan fingerprint density at radius 3 is 1.25 bits per heavy atom. The van der Waals surface area contributed by atoms with Gasteiger partial charge >= 0.3 is 18.0 Å².